The van der Waals surface area contributed by atoms with Crippen LogP contribution in [0.25, 0.3) is 0 Å². The number of hydrogen-bond donors (Lipinski definition) is 0. The molecule has 0 fully saturated rings. The number of hydrogen-bond acceptors (Lipinski definition) is 5. The van der Waals surface area contributed by atoms with Gasteiger partial charge in [-0.05, 0) is 35.4 Å². The van der Waals surface area contributed by atoms with Gasteiger partial charge in [0.2, 0.25) is 0 Å². The van der Waals surface area contributed by atoms with Gasteiger partial charge >= 0.3 is 0 Å². The quantitative estimate of drug-likeness (QED) is 0.631. The van der Waals surface area contributed by atoms with Crippen LogP contribution in [0.15, 0.2) is 77.4 Å². The monoisotopic (exact) mass is 435 g/mol. The molecule has 4 rings (SSSR count). The summed E-state index contributed by atoms with van der Waals surface area (Å²) in [5.74, 6) is -0.437. The summed E-state index contributed by atoms with van der Waals surface area (Å²) in [4.78, 5) is 6.75. The minimum Gasteiger partial charge on any atom is -0.748 e. The van der Waals surface area contributed by atoms with Crippen LogP contribution in [-0.2, 0) is 20.9 Å². The van der Waals surface area contributed by atoms with Gasteiger partial charge in [-0.25, -0.2) is 8.42 Å². The fourth-order valence-electron chi connectivity index (χ4n) is 4.57. The maximum absolute atomic E-state index is 11.3. The second-order valence-electron chi connectivity index (χ2n) is 9.11. The molecule has 6 heteroatoms. The van der Waals surface area contributed by atoms with Crippen LogP contribution in [0.2, 0.25) is 0 Å². The number of rotatable bonds is 5. The van der Waals surface area contributed by atoms with Gasteiger partial charge in [0.25, 0.3) is 0 Å². The Kier molecular flexibility index (Phi) is 5.18. The number of allylic oxidation sites excluding steroid dienone is 4. The highest BCUT2D eigenvalue weighted by Crippen LogP contribution is 2.47. The molecule has 0 unspecified atom stereocenters. The number of aliphatic imine (C=N–C) groups is 1. The summed E-state index contributed by atoms with van der Waals surface area (Å²) < 4.78 is 33.9. The number of nitrogens with zero attached hydrogens (tertiary/aromatic N) is 2. The predicted octanol–water partition coefficient (Wildman–Crippen LogP) is 4.83. The van der Waals surface area contributed by atoms with E-state index in [0.29, 0.717) is 0 Å². The van der Waals surface area contributed by atoms with Gasteiger partial charge in [-0.3, -0.25) is 4.99 Å². The molecule has 31 heavy (non-hydrogen) atoms. The number of benzene rings is 2. The Balaban J connectivity index is 1.68. The molecule has 0 N–H and O–H groups in total. The van der Waals surface area contributed by atoms with E-state index in [1.807, 2.05) is 59.5 Å². The van der Waals surface area contributed by atoms with E-state index in [4.69, 9.17) is 4.99 Å². The van der Waals surface area contributed by atoms with Gasteiger partial charge in [-0.15, -0.1) is 0 Å². The van der Waals surface area contributed by atoms with Crippen molar-refractivity contribution in [1.82, 2.24) is 0 Å². The number of para-hydroxylation sites is 2. The highest BCUT2D eigenvalue weighted by molar-refractivity contribution is 7.85. The lowest BCUT2D eigenvalue weighted by Gasteiger charge is -2.27. The Labute approximate surface area is 184 Å². The fraction of sp³-hybridized carbons (Fsp3) is 0.320. The van der Waals surface area contributed by atoms with E-state index in [2.05, 4.69) is 39.8 Å². The van der Waals surface area contributed by atoms with Crippen LogP contribution in [-0.4, -0.2) is 31.0 Å². The molecule has 0 saturated heterocycles. The van der Waals surface area contributed by atoms with Crippen molar-refractivity contribution in [2.24, 2.45) is 4.99 Å². The first-order valence-corrected chi connectivity index (χ1v) is 12.0. The summed E-state index contributed by atoms with van der Waals surface area (Å²) in [6, 6.07) is 16.1. The van der Waals surface area contributed by atoms with Crippen LogP contribution < -0.4 is 4.90 Å². The van der Waals surface area contributed by atoms with Gasteiger partial charge in [-0.2, -0.15) is 0 Å². The minimum atomic E-state index is -4.31. The molecule has 0 amide bonds. The average molecular weight is 436 g/mol. The zero-order chi connectivity index (χ0) is 22.4. The second-order valence-corrected chi connectivity index (χ2v) is 10.6. The summed E-state index contributed by atoms with van der Waals surface area (Å²) >= 11 is 0. The molecule has 2 heterocycles. The molecule has 0 radical (unpaired) electrons. The molecule has 0 bridgehead atoms. The smallest absolute Gasteiger partial charge is 0.0963 e. The molecule has 2 aromatic rings. The maximum atomic E-state index is 11.3. The van der Waals surface area contributed by atoms with E-state index >= 15 is 0 Å². The van der Waals surface area contributed by atoms with Crippen molar-refractivity contribution in [3.05, 3.63) is 83.6 Å². The maximum Gasteiger partial charge on any atom is 0.0963 e. The van der Waals surface area contributed by atoms with Crippen LogP contribution in [0.5, 0.6) is 0 Å². The van der Waals surface area contributed by atoms with E-state index in [-0.39, 0.29) is 17.4 Å². The van der Waals surface area contributed by atoms with E-state index in [0.717, 1.165) is 28.3 Å². The highest BCUT2D eigenvalue weighted by atomic mass is 32.2. The third kappa shape index (κ3) is 3.86. The van der Waals surface area contributed by atoms with E-state index in [9.17, 15) is 13.0 Å². The summed E-state index contributed by atoms with van der Waals surface area (Å²) in [6.07, 6.45) is 6.02. The number of anilines is 1. The lowest BCUT2D eigenvalue weighted by molar-refractivity contribution is 0.462. The van der Waals surface area contributed by atoms with Crippen molar-refractivity contribution in [3.63, 3.8) is 0 Å². The summed E-state index contributed by atoms with van der Waals surface area (Å²) in [7, 11) is -4.31. The molecule has 0 aliphatic carbocycles. The van der Waals surface area contributed by atoms with E-state index in [1.165, 1.54) is 5.56 Å². The second kappa shape index (κ2) is 7.46. The summed E-state index contributed by atoms with van der Waals surface area (Å²) in [5.41, 5.74) is 5.70. The molecular weight excluding hydrogens is 408 g/mol. The standard InChI is InChI=1S/C25H28N2O3S/c1-24(2)18-10-5-7-12-20(18)26-22(24)14-9-15-23-25(3,4)19-11-6-8-13-21(19)27(23)16-17-31(28,29)30/h5-15H,16-17H2,1-4H3,(H,28,29,30)/p-1/b14-9+,23-15-. The van der Waals surface area contributed by atoms with Crippen LogP contribution in [0, 0.1) is 0 Å². The SMILES string of the molecule is CC1(C)C(/C=C/C=C2\N(CCS(=O)(=O)[O-])c3ccccc3C2(C)C)=Nc2ccccc21. The van der Waals surface area contributed by atoms with Crippen molar-refractivity contribution < 1.29 is 13.0 Å². The zero-order valence-corrected chi connectivity index (χ0v) is 19.1. The fourth-order valence-corrected chi connectivity index (χ4v) is 4.97. The third-order valence-electron chi connectivity index (χ3n) is 6.33. The topological polar surface area (TPSA) is 72.8 Å². The normalized spacial score (nSPS) is 20.2. The molecule has 2 aliphatic heterocycles. The van der Waals surface area contributed by atoms with Crippen molar-refractivity contribution in [2.75, 3.05) is 17.2 Å². The van der Waals surface area contributed by atoms with Gasteiger partial charge in [-0.1, -0.05) is 70.2 Å². The van der Waals surface area contributed by atoms with Gasteiger partial charge in [0.1, 0.15) is 0 Å². The number of fused-ring (bicyclic) bond motifs is 2. The lowest BCUT2D eigenvalue weighted by atomic mass is 9.81. The molecule has 5 nitrogen and oxygen atoms in total. The first kappa shape index (κ1) is 21.5. The predicted molar refractivity (Wildman–Crippen MR) is 125 cm³/mol. The van der Waals surface area contributed by atoms with Crippen molar-refractivity contribution in [2.45, 2.75) is 38.5 Å². The Morgan fingerprint density at radius 3 is 2.29 bits per heavy atom. The van der Waals surface area contributed by atoms with Crippen LogP contribution in [0.4, 0.5) is 11.4 Å². The Morgan fingerprint density at radius 2 is 1.61 bits per heavy atom. The first-order valence-electron chi connectivity index (χ1n) is 10.4. The molecule has 0 atom stereocenters. The van der Waals surface area contributed by atoms with Gasteiger partial charge in [0.15, 0.2) is 0 Å². The van der Waals surface area contributed by atoms with Crippen LogP contribution in [0.3, 0.4) is 0 Å². The molecule has 0 aromatic heterocycles. The summed E-state index contributed by atoms with van der Waals surface area (Å²) in [6.45, 7) is 8.68. The largest absolute Gasteiger partial charge is 0.748 e. The molecule has 2 aromatic carbocycles. The molecule has 2 aliphatic rings. The molecule has 0 saturated carbocycles. The summed E-state index contributed by atoms with van der Waals surface area (Å²) in [5, 5.41) is 0. The van der Waals surface area contributed by atoms with Crippen LogP contribution in [0.1, 0.15) is 38.8 Å². The van der Waals surface area contributed by atoms with Gasteiger partial charge < -0.3 is 9.45 Å². The van der Waals surface area contributed by atoms with Crippen molar-refractivity contribution in [3.8, 4) is 0 Å². The lowest BCUT2D eigenvalue weighted by Crippen LogP contribution is -2.30. The molecule has 162 valence electrons. The average Bonchev–Trinajstić information content (AvgIpc) is 3.08. The van der Waals surface area contributed by atoms with Crippen molar-refractivity contribution in [1.29, 1.82) is 0 Å². The van der Waals surface area contributed by atoms with E-state index < -0.39 is 15.9 Å². The Bertz CT molecular complexity index is 1220. The minimum absolute atomic E-state index is 0.129. The Hall–Kier alpha value is -2.70. The molecule has 0 spiro atoms. The van der Waals surface area contributed by atoms with Crippen LogP contribution >= 0.6 is 0 Å². The van der Waals surface area contributed by atoms with Crippen molar-refractivity contribution >= 4 is 27.2 Å². The molecular formula is C25H27N2O3S-. The third-order valence-corrected chi connectivity index (χ3v) is 7.01. The Morgan fingerprint density at radius 1 is 0.968 bits per heavy atom. The zero-order valence-electron chi connectivity index (χ0n) is 18.3. The van der Waals surface area contributed by atoms with Gasteiger partial charge in [0, 0.05) is 28.8 Å². The van der Waals surface area contributed by atoms with Gasteiger partial charge in [0.05, 0.1) is 27.3 Å². The highest BCUT2D eigenvalue weighted by Gasteiger charge is 2.39. The first-order chi connectivity index (χ1) is 14.5. The van der Waals surface area contributed by atoms with E-state index in [1.54, 1.807) is 0 Å².